The third-order valence-corrected chi connectivity index (χ3v) is 3.00. The highest BCUT2D eigenvalue weighted by molar-refractivity contribution is 6.18. The number of hydrogen-bond acceptors (Lipinski definition) is 3. The molecule has 0 aliphatic heterocycles. The van der Waals surface area contributed by atoms with Crippen LogP contribution >= 0.6 is 23.2 Å². The Morgan fingerprint density at radius 2 is 1.79 bits per heavy atom. The number of aromatic nitrogens is 1. The van der Waals surface area contributed by atoms with Crippen molar-refractivity contribution in [2.75, 3.05) is 24.8 Å². The standard InChI is InChI=1S/C14H15Cl2N3/c15-7-9-19(10-8-16)17-11-13-6-5-12-3-1-2-4-14(12)18-13/h1-6,11H,7-10H2/b17-11+. The lowest BCUT2D eigenvalue weighted by Gasteiger charge is -2.15. The van der Waals surface area contributed by atoms with Crippen LogP contribution < -0.4 is 0 Å². The molecule has 0 bridgehead atoms. The summed E-state index contributed by atoms with van der Waals surface area (Å²) in [5, 5.41) is 7.32. The van der Waals surface area contributed by atoms with Crippen LogP contribution in [0.25, 0.3) is 10.9 Å². The van der Waals surface area contributed by atoms with Gasteiger partial charge in [0.05, 0.1) is 17.4 Å². The Morgan fingerprint density at radius 3 is 2.53 bits per heavy atom. The van der Waals surface area contributed by atoms with E-state index in [4.69, 9.17) is 23.2 Å². The van der Waals surface area contributed by atoms with Crippen molar-refractivity contribution in [1.82, 2.24) is 9.99 Å². The third-order valence-electron chi connectivity index (χ3n) is 2.66. The van der Waals surface area contributed by atoms with Gasteiger partial charge in [0.15, 0.2) is 0 Å². The molecule has 100 valence electrons. The number of pyridine rings is 1. The van der Waals surface area contributed by atoms with E-state index in [1.807, 2.05) is 41.4 Å². The number of fused-ring (bicyclic) bond motifs is 1. The predicted octanol–water partition coefficient (Wildman–Crippen LogP) is 3.35. The molecule has 0 aliphatic carbocycles. The minimum absolute atomic E-state index is 0.527. The highest BCUT2D eigenvalue weighted by Gasteiger charge is 1.99. The van der Waals surface area contributed by atoms with Crippen molar-refractivity contribution in [2.45, 2.75) is 0 Å². The van der Waals surface area contributed by atoms with E-state index in [0.717, 1.165) is 16.6 Å². The summed E-state index contributed by atoms with van der Waals surface area (Å²) in [7, 11) is 0. The molecular weight excluding hydrogens is 281 g/mol. The van der Waals surface area contributed by atoms with Crippen LogP contribution in [-0.4, -0.2) is 41.1 Å². The molecule has 5 heteroatoms. The second-order valence-electron chi connectivity index (χ2n) is 4.01. The topological polar surface area (TPSA) is 28.5 Å². The van der Waals surface area contributed by atoms with Crippen LogP contribution in [0.5, 0.6) is 0 Å². The van der Waals surface area contributed by atoms with E-state index in [9.17, 15) is 0 Å². The van der Waals surface area contributed by atoms with Crippen LogP contribution in [0.2, 0.25) is 0 Å². The Bertz CT molecular complexity index is 551. The first kappa shape index (κ1) is 14.1. The van der Waals surface area contributed by atoms with Crippen molar-refractivity contribution in [3.63, 3.8) is 0 Å². The monoisotopic (exact) mass is 295 g/mol. The SMILES string of the molecule is ClCCN(CCCl)/N=C/c1ccc2ccccc2n1. The van der Waals surface area contributed by atoms with Crippen LogP contribution in [0.15, 0.2) is 41.5 Å². The van der Waals surface area contributed by atoms with Gasteiger partial charge in [0.2, 0.25) is 0 Å². The normalized spacial score (nSPS) is 11.3. The van der Waals surface area contributed by atoms with Gasteiger partial charge < -0.3 is 0 Å². The molecule has 0 radical (unpaired) electrons. The van der Waals surface area contributed by atoms with Crippen molar-refractivity contribution in [1.29, 1.82) is 0 Å². The molecule has 0 amide bonds. The van der Waals surface area contributed by atoms with E-state index in [0.29, 0.717) is 24.8 Å². The molecule has 3 nitrogen and oxygen atoms in total. The maximum Gasteiger partial charge on any atom is 0.0837 e. The summed E-state index contributed by atoms with van der Waals surface area (Å²) >= 11 is 11.4. The van der Waals surface area contributed by atoms with Gasteiger partial charge in [-0.2, -0.15) is 5.10 Å². The Labute approximate surface area is 122 Å². The molecule has 1 aromatic heterocycles. The van der Waals surface area contributed by atoms with E-state index in [1.54, 1.807) is 6.21 Å². The molecule has 0 saturated heterocycles. The van der Waals surface area contributed by atoms with Gasteiger partial charge in [0.1, 0.15) is 0 Å². The van der Waals surface area contributed by atoms with E-state index in [1.165, 1.54) is 0 Å². The summed E-state index contributed by atoms with van der Waals surface area (Å²) in [6, 6.07) is 12.0. The highest BCUT2D eigenvalue weighted by atomic mass is 35.5. The fourth-order valence-corrected chi connectivity index (χ4v) is 2.11. The number of nitrogens with zero attached hydrogens (tertiary/aromatic N) is 3. The average Bonchev–Trinajstić information content (AvgIpc) is 2.45. The first-order chi connectivity index (χ1) is 9.33. The molecular formula is C14H15Cl2N3. The van der Waals surface area contributed by atoms with Crippen molar-refractivity contribution >= 4 is 40.3 Å². The van der Waals surface area contributed by atoms with Gasteiger partial charge in [0, 0.05) is 30.2 Å². The Balaban J connectivity index is 2.15. The zero-order valence-electron chi connectivity index (χ0n) is 10.5. The number of alkyl halides is 2. The smallest absolute Gasteiger partial charge is 0.0837 e. The zero-order valence-corrected chi connectivity index (χ0v) is 12.0. The lowest BCUT2D eigenvalue weighted by Crippen LogP contribution is -2.22. The summed E-state index contributed by atoms with van der Waals surface area (Å²) < 4.78 is 0. The highest BCUT2D eigenvalue weighted by Crippen LogP contribution is 2.10. The maximum absolute atomic E-state index is 5.72. The molecule has 1 aromatic carbocycles. The summed E-state index contributed by atoms with van der Waals surface area (Å²) in [6.07, 6.45) is 1.74. The molecule has 2 aromatic rings. The molecule has 2 rings (SSSR count). The molecule has 0 unspecified atom stereocenters. The van der Waals surface area contributed by atoms with Gasteiger partial charge in [-0.15, -0.1) is 23.2 Å². The van der Waals surface area contributed by atoms with Crippen molar-refractivity contribution in [2.24, 2.45) is 5.10 Å². The first-order valence-electron chi connectivity index (χ1n) is 6.10. The molecule has 0 spiro atoms. The third kappa shape index (κ3) is 4.08. The quantitative estimate of drug-likeness (QED) is 0.464. The van der Waals surface area contributed by atoms with Gasteiger partial charge in [-0.1, -0.05) is 24.3 Å². The van der Waals surface area contributed by atoms with Gasteiger partial charge >= 0.3 is 0 Å². The second kappa shape index (κ2) is 7.31. The van der Waals surface area contributed by atoms with Crippen LogP contribution in [-0.2, 0) is 0 Å². The number of hydrazone groups is 1. The number of halogens is 2. The Kier molecular flexibility index (Phi) is 5.43. The Morgan fingerprint density at radius 1 is 1.05 bits per heavy atom. The molecule has 19 heavy (non-hydrogen) atoms. The molecule has 0 aliphatic rings. The van der Waals surface area contributed by atoms with Gasteiger partial charge in [-0.25, -0.2) is 4.98 Å². The molecule has 0 atom stereocenters. The summed E-state index contributed by atoms with van der Waals surface area (Å²) in [5.41, 5.74) is 1.79. The number of benzene rings is 1. The van der Waals surface area contributed by atoms with Gasteiger partial charge in [-0.3, -0.25) is 5.01 Å². The van der Waals surface area contributed by atoms with Crippen LogP contribution in [0.4, 0.5) is 0 Å². The molecule has 1 heterocycles. The number of hydrogen-bond donors (Lipinski definition) is 0. The van der Waals surface area contributed by atoms with E-state index in [2.05, 4.69) is 10.1 Å². The fraction of sp³-hybridized carbons (Fsp3) is 0.286. The van der Waals surface area contributed by atoms with Gasteiger partial charge in [-0.05, 0) is 12.1 Å². The van der Waals surface area contributed by atoms with Gasteiger partial charge in [0.25, 0.3) is 0 Å². The second-order valence-corrected chi connectivity index (χ2v) is 4.76. The van der Waals surface area contributed by atoms with Crippen molar-refractivity contribution in [3.05, 3.63) is 42.1 Å². The van der Waals surface area contributed by atoms with Crippen LogP contribution in [0, 0.1) is 0 Å². The maximum atomic E-state index is 5.72. The lowest BCUT2D eigenvalue weighted by atomic mass is 10.2. The summed E-state index contributed by atoms with van der Waals surface area (Å²) in [6.45, 7) is 1.36. The van der Waals surface area contributed by atoms with E-state index >= 15 is 0 Å². The average molecular weight is 296 g/mol. The summed E-state index contributed by atoms with van der Waals surface area (Å²) in [4.78, 5) is 4.53. The van der Waals surface area contributed by atoms with Crippen LogP contribution in [0.1, 0.15) is 5.69 Å². The summed E-state index contributed by atoms with van der Waals surface area (Å²) in [5.74, 6) is 1.05. The largest absolute Gasteiger partial charge is 0.295 e. The van der Waals surface area contributed by atoms with Crippen LogP contribution in [0.3, 0.4) is 0 Å². The van der Waals surface area contributed by atoms with E-state index in [-0.39, 0.29) is 0 Å². The number of para-hydroxylation sites is 1. The number of rotatable bonds is 6. The Hall–Kier alpha value is -1.32. The zero-order chi connectivity index (χ0) is 13.5. The lowest BCUT2D eigenvalue weighted by molar-refractivity contribution is 0.327. The van der Waals surface area contributed by atoms with E-state index < -0.39 is 0 Å². The minimum Gasteiger partial charge on any atom is -0.295 e. The predicted molar refractivity (Wildman–Crippen MR) is 82.4 cm³/mol. The van der Waals surface area contributed by atoms with Crippen molar-refractivity contribution < 1.29 is 0 Å². The minimum atomic E-state index is 0.527. The first-order valence-corrected chi connectivity index (χ1v) is 7.17. The van der Waals surface area contributed by atoms with Crippen molar-refractivity contribution in [3.8, 4) is 0 Å². The molecule has 0 N–H and O–H groups in total. The molecule has 0 fully saturated rings. The molecule has 0 saturated carbocycles. The fourth-order valence-electron chi connectivity index (χ4n) is 1.72.